The van der Waals surface area contributed by atoms with Crippen LogP contribution in [0.2, 0.25) is 0 Å². The van der Waals surface area contributed by atoms with Crippen LogP contribution < -0.4 is 0 Å². The van der Waals surface area contributed by atoms with E-state index < -0.39 is 0 Å². The van der Waals surface area contributed by atoms with Gasteiger partial charge in [-0.15, -0.1) is 0 Å². The fraction of sp³-hybridized carbons (Fsp3) is 0.350. The minimum atomic E-state index is -0.196. The molecule has 4 atom stereocenters. The van der Waals surface area contributed by atoms with Crippen molar-refractivity contribution in [3.63, 3.8) is 0 Å². The normalized spacial score (nSPS) is 30.1. The molecule has 4 aliphatic rings. The van der Waals surface area contributed by atoms with Gasteiger partial charge in [0.1, 0.15) is 6.07 Å². The average Bonchev–Trinajstić information content (AvgIpc) is 3.14. The number of pyridine rings is 1. The molecule has 0 radical (unpaired) electrons. The summed E-state index contributed by atoms with van der Waals surface area (Å²) in [5.74, 6) is -0.126. The van der Waals surface area contributed by atoms with Crippen molar-refractivity contribution in [2.75, 3.05) is 0 Å². The van der Waals surface area contributed by atoms with Crippen molar-refractivity contribution < 1.29 is 9.59 Å². The van der Waals surface area contributed by atoms with E-state index in [1.54, 1.807) is 0 Å². The Morgan fingerprint density at radius 1 is 1.08 bits per heavy atom. The average molecular weight is 331 g/mol. The van der Waals surface area contributed by atoms with Gasteiger partial charge in [0.25, 0.3) is 0 Å². The monoisotopic (exact) mass is 331 g/mol. The topological polar surface area (TPSA) is 65.6 Å². The first-order valence-corrected chi connectivity index (χ1v) is 8.71. The molecule has 25 heavy (non-hydrogen) atoms. The van der Waals surface area contributed by atoms with E-state index in [9.17, 15) is 14.9 Å². The zero-order chi connectivity index (χ0) is 17.1. The standard InChI is InChI=1S/C20H17N3O2/c21-9-15-14(10-22-8-2-1-3-16(15)22)11-23-19(24)17-12-4-5-13(7-6-12)18(17)20(23)25/h1-5,8,10,12-13,17-18H,6-7,11H2. The number of fused-ring (bicyclic) bond motifs is 2. The lowest BCUT2D eigenvalue weighted by molar-refractivity contribution is -0.140. The Hall–Kier alpha value is -2.87. The van der Waals surface area contributed by atoms with Crippen LogP contribution in [0.3, 0.4) is 0 Å². The van der Waals surface area contributed by atoms with Crippen LogP contribution in [-0.4, -0.2) is 21.1 Å². The molecule has 1 saturated carbocycles. The molecule has 1 aliphatic heterocycles. The molecule has 4 unspecified atom stereocenters. The summed E-state index contributed by atoms with van der Waals surface area (Å²) in [6, 6.07) is 7.88. The van der Waals surface area contributed by atoms with Crippen molar-refractivity contribution in [2.24, 2.45) is 23.7 Å². The van der Waals surface area contributed by atoms with Crippen molar-refractivity contribution in [1.82, 2.24) is 9.30 Å². The number of imide groups is 1. The highest BCUT2D eigenvalue weighted by molar-refractivity contribution is 6.06. The summed E-state index contributed by atoms with van der Waals surface area (Å²) in [5.41, 5.74) is 2.07. The van der Waals surface area contributed by atoms with Crippen LogP contribution >= 0.6 is 0 Å². The Morgan fingerprint density at radius 3 is 2.36 bits per heavy atom. The summed E-state index contributed by atoms with van der Waals surface area (Å²) in [5, 5.41) is 9.55. The quantitative estimate of drug-likeness (QED) is 0.627. The number of amides is 2. The van der Waals surface area contributed by atoms with Gasteiger partial charge in [-0.3, -0.25) is 14.5 Å². The molecular weight excluding hydrogens is 314 g/mol. The molecule has 0 aromatic carbocycles. The van der Waals surface area contributed by atoms with Crippen LogP contribution in [0.4, 0.5) is 0 Å². The molecule has 0 N–H and O–H groups in total. The van der Waals surface area contributed by atoms with Gasteiger partial charge in [-0.25, -0.2) is 0 Å². The van der Waals surface area contributed by atoms with Crippen LogP contribution in [0, 0.1) is 35.0 Å². The third-order valence-electron chi connectivity index (χ3n) is 6.05. The first-order valence-electron chi connectivity index (χ1n) is 8.71. The number of carbonyl (C=O) groups excluding carboxylic acids is 2. The molecule has 6 rings (SSSR count). The minimum Gasteiger partial charge on any atom is -0.322 e. The summed E-state index contributed by atoms with van der Waals surface area (Å²) in [7, 11) is 0. The van der Waals surface area contributed by atoms with E-state index in [0.717, 1.165) is 23.9 Å². The fourth-order valence-corrected chi connectivity index (χ4v) is 4.89. The van der Waals surface area contributed by atoms with Crippen molar-refractivity contribution in [3.8, 4) is 6.07 Å². The number of hydrogen-bond acceptors (Lipinski definition) is 3. The molecule has 1 saturated heterocycles. The van der Waals surface area contributed by atoms with Crippen LogP contribution in [-0.2, 0) is 16.1 Å². The van der Waals surface area contributed by atoms with E-state index in [1.807, 2.05) is 35.0 Å². The van der Waals surface area contributed by atoms with Gasteiger partial charge in [0.15, 0.2) is 0 Å². The smallest absolute Gasteiger partial charge is 0.234 e. The van der Waals surface area contributed by atoms with E-state index in [-0.39, 0.29) is 42.0 Å². The lowest BCUT2D eigenvalue weighted by Gasteiger charge is -2.38. The predicted octanol–water partition coefficient (Wildman–Crippen LogP) is 2.51. The van der Waals surface area contributed by atoms with E-state index in [4.69, 9.17) is 0 Å². The third kappa shape index (κ3) is 1.88. The van der Waals surface area contributed by atoms with Crippen molar-refractivity contribution in [3.05, 3.63) is 53.9 Å². The second-order valence-corrected chi connectivity index (χ2v) is 7.24. The van der Waals surface area contributed by atoms with Gasteiger partial charge in [0.05, 0.1) is 29.5 Å². The molecule has 5 nitrogen and oxygen atoms in total. The highest BCUT2D eigenvalue weighted by Crippen LogP contribution is 2.49. The first-order chi connectivity index (χ1) is 12.2. The predicted molar refractivity (Wildman–Crippen MR) is 90.0 cm³/mol. The van der Waals surface area contributed by atoms with Gasteiger partial charge in [-0.1, -0.05) is 18.2 Å². The number of hydrogen-bond donors (Lipinski definition) is 0. The Balaban J connectivity index is 1.53. The molecule has 124 valence electrons. The molecule has 2 bridgehead atoms. The zero-order valence-corrected chi connectivity index (χ0v) is 13.6. The van der Waals surface area contributed by atoms with Crippen LogP contribution in [0.1, 0.15) is 24.0 Å². The number of aromatic nitrogens is 1. The van der Waals surface area contributed by atoms with Gasteiger partial charge < -0.3 is 4.40 Å². The number of likely N-dealkylation sites (tertiary alicyclic amines) is 1. The number of nitriles is 1. The van der Waals surface area contributed by atoms with Crippen molar-refractivity contribution in [1.29, 1.82) is 5.26 Å². The lowest BCUT2D eigenvalue weighted by Crippen LogP contribution is -2.38. The largest absolute Gasteiger partial charge is 0.322 e. The number of carbonyl (C=O) groups is 2. The molecule has 2 aromatic heterocycles. The summed E-state index contributed by atoms with van der Waals surface area (Å²) >= 11 is 0. The molecule has 2 fully saturated rings. The molecule has 0 spiro atoms. The van der Waals surface area contributed by atoms with Gasteiger partial charge in [0, 0.05) is 18.0 Å². The summed E-state index contributed by atoms with van der Waals surface area (Å²) in [6.07, 6.45) is 9.96. The van der Waals surface area contributed by atoms with E-state index in [2.05, 4.69) is 18.2 Å². The van der Waals surface area contributed by atoms with E-state index in [0.29, 0.717) is 5.56 Å². The summed E-state index contributed by atoms with van der Waals surface area (Å²) < 4.78 is 1.87. The second kappa shape index (κ2) is 5.06. The van der Waals surface area contributed by atoms with Gasteiger partial charge in [-0.2, -0.15) is 5.26 Å². The maximum absolute atomic E-state index is 12.9. The highest BCUT2D eigenvalue weighted by atomic mass is 16.2. The van der Waals surface area contributed by atoms with Gasteiger partial charge in [0.2, 0.25) is 11.8 Å². The fourth-order valence-electron chi connectivity index (χ4n) is 4.89. The summed E-state index contributed by atoms with van der Waals surface area (Å²) in [4.78, 5) is 27.3. The maximum atomic E-state index is 12.9. The zero-order valence-electron chi connectivity index (χ0n) is 13.6. The van der Waals surface area contributed by atoms with E-state index >= 15 is 0 Å². The second-order valence-electron chi connectivity index (χ2n) is 7.24. The molecule has 2 aromatic rings. The molecule has 3 heterocycles. The molecule has 3 aliphatic carbocycles. The number of allylic oxidation sites excluding steroid dienone is 2. The van der Waals surface area contributed by atoms with E-state index in [1.165, 1.54) is 4.90 Å². The Labute approximate surface area is 145 Å². The van der Waals surface area contributed by atoms with Gasteiger partial charge >= 0.3 is 0 Å². The van der Waals surface area contributed by atoms with Crippen LogP contribution in [0.15, 0.2) is 42.7 Å². The Morgan fingerprint density at radius 2 is 1.76 bits per heavy atom. The Bertz CT molecular complexity index is 948. The van der Waals surface area contributed by atoms with Crippen molar-refractivity contribution >= 4 is 17.3 Å². The number of rotatable bonds is 2. The Kier molecular flexibility index (Phi) is 2.93. The highest BCUT2D eigenvalue weighted by Gasteiger charge is 2.56. The minimum absolute atomic E-state index is 0.0619. The SMILES string of the molecule is N#Cc1c(CN2C(=O)C3C4C=CC(CC4)C3C2=O)cn2ccccc12. The van der Waals surface area contributed by atoms with Crippen LogP contribution in [0.25, 0.3) is 5.52 Å². The lowest BCUT2D eigenvalue weighted by atomic mass is 9.63. The first kappa shape index (κ1) is 14.5. The maximum Gasteiger partial charge on any atom is 0.234 e. The molecule has 2 amide bonds. The molecule has 5 heteroatoms. The van der Waals surface area contributed by atoms with Gasteiger partial charge in [-0.05, 0) is 36.8 Å². The van der Waals surface area contributed by atoms with Crippen molar-refractivity contribution in [2.45, 2.75) is 19.4 Å². The molecular formula is C20H17N3O2. The number of nitrogens with zero attached hydrogens (tertiary/aromatic N) is 3. The summed E-state index contributed by atoms with van der Waals surface area (Å²) in [6.45, 7) is 0.189. The van der Waals surface area contributed by atoms with Crippen LogP contribution in [0.5, 0.6) is 0 Å². The third-order valence-corrected chi connectivity index (χ3v) is 6.05.